The van der Waals surface area contributed by atoms with E-state index in [-0.39, 0.29) is 17.9 Å². The van der Waals surface area contributed by atoms with Crippen LogP contribution >= 0.6 is 15.9 Å². The fraction of sp³-hybridized carbons (Fsp3) is 0.421. The largest absolute Gasteiger partial charge is 0.464 e. The van der Waals surface area contributed by atoms with Crippen LogP contribution in [-0.2, 0) is 23.9 Å². The summed E-state index contributed by atoms with van der Waals surface area (Å²) < 4.78 is 5.35. The second kappa shape index (κ2) is 7.12. The first-order chi connectivity index (χ1) is 13.1. The number of ketones is 1. The molecule has 1 saturated heterocycles. The molecule has 28 heavy (non-hydrogen) atoms. The number of fused-ring (bicyclic) bond motifs is 1. The predicted octanol–water partition coefficient (Wildman–Crippen LogP) is 1.91. The number of rotatable bonds is 5. The summed E-state index contributed by atoms with van der Waals surface area (Å²) >= 11 is 3.36. The lowest BCUT2D eigenvalue weighted by Crippen LogP contribution is -2.50. The summed E-state index contributed by atoms with van der Waals surface area (Å²) in [5.41, 5.74) is -0.609. The van der Waals surface area contributed by atoms with Gasteiger partial charge >= 0.3 is 5.97 Å². The molecule has 0 saturated carbocycles. The molecule has 0 aliphatic carbocycles. The average molecular weight is 450 g/mol. The number of halogens is 1. The van der Waals surface area contributed by atoms with Crippen LogP contribution in [-0.4, -0.2) is 53.0 Å². The summed E-state index contributed by atoms with van der Waals surface area (Å²) in [5.74, 6) is -3.00. The van der Waals surface area contributed by atoms with Gasteiger partial charge in [0.05, 0.1) is 18.3 Å². The molecule has 1 aromatic carbocycles. The van der Waals surface area contributed by atoms with Crippen LogP contribution in [0.2, 0.25) is 0 Å². The Kier molecular flexibility index (Phi) is 5.14. The highest BCUT2D eigenvalue weighted by Crippen LogP contribution is 2.41. The van der Waals surface area contributed by atoms with Crippen molar-refractivity contribution < 1.29 is 23.9 Å². The lowest BCUT2D eigenvalue weighted by Gasteiger charge is -2.36. The van der Waals surface area contributed by atoms with Gasteiger partial charge in [0.15, 0.2) is 5.71 Å². The van der Waals surface area contributed by atoms with Gasteiger partial charge in [0, 0.05) is 10.9 Å². The number of nitrogens with zero attached hydrogens (tertiary/aromatic N) is 3. The van der Waals surface area contributed by atoms with E-state index in [4.69, 9.17) is 4.74 Å². The Morgan fingerprint density at radius 2 is 1.86 bits per heavy atom. The third-order valence-electron chi connectivity index (χ3n) is 4.84. The van der Waals surface area contributed by atoms with Crippen molar-refractivity contribution in [1.29, 1.82) is 0 Å². The van der Waals surface area contributed by atoms with Crippen molar-refractivity contribution in [2.75, 3.05) is 12.0 Å². The van der Waals surface area contributed by atoms with Crippen LogP contribution in [0.1, 0.15) is 27.2 Å². The van der Waals surface area contributed by atoms with Gasteiger partial charge in [0.25, 0.3) is 5.91 Å². The van der Waals surface area contributed by atoms with Crippen LogP contribution in [0.5, 0.6) is 0 Å². The maximum Gasteiger partial charge on any atom is 0.355 e. The molecule has 3 rings (SSSR count). The fourth-order valence-electron chi connectivity index (χ4n) is 3.76. The Hall–Kier alpha value is -2.55. The van der Waals surface area contributed by atoms with Crippen molar-refractivity contribution in [3.63, 3.8) is 0 Å². The zero-order valence-corrected chi connectivity index (χ0v) is 17.5. The van der Waals surface area contributed by atoms with E-state index in [0.29, 0.717) is 10.2 Å². The molecule has 0 unspecified atom stereocenters. The van der Waals surface area contributed by atoms with E-state index >= 15 is 0 Å². The molecule has 2 atom stereocenters. The molecular formula is C19H20BrN3O5. The maximum atomic E-state index is 13.3. The molecule has 2 amide bonds. The van der Waals surface area contributed by atoms with Gasteiger partial charge in [-0.25, -0.2) is 9.69 Å². The minimum atomic E-state index is -1.08. The van der Waals surface area contributed by atoms with E-state index < -0.39 is 35.3 Å². The number of carbonyl (C=O) groups is 4. The smallest absolute Gasteiger partial charge is 0.355 e. The second-order valence-corrected chi connectivity index (χ2v) is 8.25. The van der Waals surface area contributed by atoms with Gasteiger partial charge in [-0.1, -0.05) is 12.1 Å². The van der Waals surface area contributed by atoms with Crippen LogP contribution < -0.4 is 4.90 Å². The van der Waals surface area contributed by atoms with Crippen molar-refractivity contribution in [3.05, 3.63) is 28.7 Å². The number of amides is 2. The van der Waals surface area contributed by atoms with Crippen molar-refractivity contribution >= 4 is 50.9 Å². The maximum absolute atomic E-state index is 13.3. The van der Waals surface area contributed by atoms with Gasteiger partial charge in [-0.05, 0) is 48.8 Å². The number of carbonyl (C=O) groups excluding carboxylic acids is 4. The number of hydrogen-bond acceptors (Lipinski definition) is 7. The molecule has 8 nitrogen and oxygen atoms in total. The number of esters is 1. The van der Waals surface area contributed by atoms with E-state index in [9.17, 15) is 19.2 Å². The van der Waals surface area contributed by atoms with Crippen LogP contribution in [0.3, 0.4) is 0 Å². The zero-order valence-electron chi connectivity index (χ0n) is 15.9. The average Bonchev–Trinajstić information content (AvgIpc) is 3.12. The minimum Gasteiger partial charge on any atom is -0.464 e. The number of hydrogen-bond donors (Lipinski definition) is 0. The van der Waals surface area contributed by atoms with Crippen molar-refractivity contribution in [1.82, 2.24) is 5.01 Å². The van der Waals surface area contributed by atoms with Crippen LogP contribution in [0, 0.1) is 5.92 Å². The highest BCUT2D eigenvalue weighted by atomic mass is 79.9. The first-order valence-corrected chi connectivity index (χ1v) is 9.47. The number of methoxy groups -OCH3 is 1. The fourth-order valence-corrected chi connectivity index (χ4v) is 4.22. The molecule has 148 valence electrons. The summed E-state index contributed by atoms with van der Waals surface area (Å²) in [6.07, 6.45) is 0.102. The topological polar surface area (TPSA) is 96.3 Å². The Morgan fingerprint density at radius 3 is 2.43 bits per heavy atom. The number of Topliss-reactive ketones (excluding diaryl/α,β-unsaturated/α-hetero) is 1. The lowest BCUT2D eigenvalue weighted by molar-refractivity contribution is -0.133. The highest BCUT2D eigenvalue weighted by molar-refractivity contribution is 9.10. The number of benzene rings is 1. The Bertz CT molecular complexity index is 911. The van der Waals surface area contributed by atoms with Gasteiger partial charge in [-0.15, -0.1) is 0 Å². The molecule has 0 spiro atoms. The van der Waals surface area contributed by atoms with Gasteiger partial charge < -0.3 is 4.74 Å². The number of para-hydroxylation sites is 1. The molecule has 0 aromatic heterocycles. The molecule has 0 radical (unpaired) electrons. The Balaban J connectivity index is 2.10. The van der Waals surface area contributed by atoms with Crippen LogP contribution in [0.25, 0.3) is 0 Å². The van der Waals surface area contributed by atoms with E-state index in [1.54, 1.807) is 38.1 Å². The normalized spacial score (nSPS) is 21.7. The molecule has 2 aliphatic heterocycles. The molecule has 2 aliphatic rings. The van der Waals surface area contributed by atoms with Crippen molar-refractivity contribution in [2.45, 2.75) is 38.8 Å². The third kappa shape index (κ3) is 3.13. The Labute approximate surface area is 170 Å². The van der Waals surface area contributed by atoms with Crippen molar-refractivity contribution in [3.8, 4) is 0 Å². The molecule has 9 heteroatoms. The van der Waals surface area contributed by atoms with E-state index in [1.807, 2.05) is 0 Å². The summed E-state index contributed by atoms with van der Waals surface area (Å²) in [6, 6.07) is 5.82. The van der Waals surface area contributed by atoms with E-state index in [1.165, 1.54) is 19.0 Å². The quantitative estimate of drug-likeness (QED) is 0.503. The van der Waals surface area contributed by atoms with Crippen molar-refractivity contribution in [2.24, 2.45) is 11.0 Å². The van der Waals surface area contributed by atoms with Gasteiger partial charge in [0.1, 0.15) is 17.7 Å². The molecule has 1 fully saturated rings. The van der Waals surface area contributed by atoms with E-state index in [0.717, 1.165) is 4.90 Å². The number of anilines is 1. The zero-order chi connectivity index (χ0) is 20.8. The summed E-state index contributed by atoms with van der Waals surface area (Å²) in [5, 5.41) is 5.67. The SMILES string of the molecule is COC(=O)C1=NN(C(C)(C)CC(C)=O)[C@@H]2C(=O)N(c3ccccc3Br)C(=O)[C@@H]12. The number of imide groups is 1. The Morgan fingerprint density at radius 1 is 1.21 bits per heavy atom. The van der Waals surface area contributed by atoms with Gasteiger partial charge in [0.2, 0.25) is 5.91 Å². The predicted molar refractivity (Wildman–Crippen MR) is 105 cm³/mol. The molecule has 1 aromatic rings. The molecular weight excluding hydrogens is 430 g/mol. The minimum absolute atomic E-state index is 0.0947. The molecule has 0 N–H and O–H groups in total. The van der Waals surface area contributed by atoms with Crippen LogP contribution in [0.15, 0.2) is 33.8 Å². The summed E-state index contributed by atoms with van der Waals surface area (Å²) in [7, 11) is 1.19. The number of ether oxygens (including phenoxy) is 1. The molecule has 2 heterocycles. The number of hydrazone groups is 1. The lowest BCUT2D eigenvalue weighted by atomic mass is 9.92. The monoisotopic (exact) mass is 449 g/mol. The third-order valence-corrected chi connectivity index (χ3v) is 5.51. The molecule has 0 bridgehead atoms. The van der Waals surface area contributed by atoms with E-state index in [2.05, 4.69) is 21.0 Å². The second-order valence-electron chi connectivity index (χ2n) is 7.40. The first-order valence-electron chi connectivity index (χ1n) is 8.68. The van der Waals surface area contributed by atoms with Crippen LogP contribution in [0.4, 0.5) is 5.69 Å². The highest BCUT2D eigenvalue weighted by Gasteiger charge is 2.61. The first kappa shape index (κ1) is 20.2. The van der Waals surface area contributed by atoms with Gasteiger partial charge in [-0.2, -0.15) is 5.10 Å². The standard InChI is InChI=1S/C19H20BrN3O5/c1-10(24)9-19(2,3)23-15-13(14(21-23)18(27)28-4)16(25)22(17(15)26)12-8-6-5-7-11(12)20/h5-8,13,15H,9H2,1-4H3/t13-,15-/m0/s1. The van der Waals surface area contributed by atoms with Gasteiger partial charge in [-0.3, -0.25) is 19.4 Å². The summed E-state index contributed by atoms with van der Waals surface area (Å²) in [4.78, 5) is 51.5. The summed E-state index contributed by atoms with van der Waals surface area (Å²) in [6.45, 7) is 4.93.